The van der Waals surface area contributed by atoms with Gasteiger partial charge < -0.3 is 24.3 Å². The summed E-state index contributed by atoms with van der Waals surface area (Å²) in [6.45, 7) is 3.04. The number of benzene rings is 1. The van der Waals surface area contributed by atoms with Crippen molar-refractivity contribution in [2.24, 2.45) is 0 Å². The predicted octanol–water partition coefficient (Wildman–Crippen LogP) is -0.0639. The minimum Gasteiger partial charge on any atom is -0.423 e. The first-order valence-electron chi connectivity index (χ1n) is 6.33. The Hall–Kier alpha value is -0.915. The normalized spacial score (nSPS) is 10.7. The molecule has 0 heterocycles. The SMILES string of the molecule is COCCOCCCOCc1ccc(B(O)O)cc1. The zero-order valence-electron chi connectivity index (χ0n) is 11.2. The fraction of sp³-hybridized carbons (Fsp3) is 0.538. The van der Waals surface area contributed by atoms with Gasteiger partial charge in [0, 0.05) is 20.3 Å². The van der Waals surface area contributed by atoms with Crippen molar-refractivity contribution >= 4 is 12.6 Å². The zero-order chi connectivity index (χ0) is 13.9. The Kier molecular flexibility index (Phi) is 8.45. The Labute approximate surface area is 114 Å². The van der Waals surface area contributed by atoms with Crippen molar-refractivity contribution in [3.63, 3.8) is 0 Å². The lowest BCUT2D eigenvalue weighted by Crippen LogP contribution is -2.29. The third-order valence-corrected chi connectivity index (χ3v) is 2.56. The van der Waals surface area contributed by atoms with Crippen LogP contribution in [0.5, 0.6) is 0 Å². The minimum absolute atomic E-state index is 0.482. The van der Waals surface area contributed by atoms with Crippen molar-refractivity contribution in [3.05, 3.63) is 29.8 Å². The zero-order valence-corrected chi connectivity index (χ0v) is 11.2. The fourth-order valence-corrected chi connectivity index (χ4v) is 1.48. The van der Waals surface area contributed by atoms with Gasteiger partial charge >= 0.3 is 7.12 Å². The van der Waals surface area contributed by atoms with Gasteiger partial charge in [0.1, 0.15) is 0 Å². The fourth-order valence-electron chi connectivity index (χ4n) is 1.48. The van der Waals surface area contributed by atoms with Crippen molar-refractivity contribution < 1.29 is 24.3 Å². The molecule has 1 rings (SSSR count). The van der Waals surface area contributed by atoms with E-state index in [0.717, 1.165) is 12.0 Å². The topological polar surface area (TPSA) is 68.2 Å². The van der Waals surface area contributed by atoms with Crippen LogP contribution in [0.1, 0.15) is 12.0 Å². The van der Waals surface area contributed by atoms with Crippen LogP contribution >= 0.6 is 0 Å². The summed E-state index contributed by atoms with van der Waals surface area (Å²) in [5.41, 5.74) is 1.49. The van der Waals surface area contributed by atoms with Gasteiger partial charge in [0.05, 0.1) is 19.8 Å². The maximum atomic E-state index is 8.95. The summed E-state index contributed by atoms with van der Waals surface area (Å²) < 4.78 is 15.7. The quantitative estimate of drug-likeness (QED) is 0.459. The van der Waals surface area contributed by atoms with Gasteiger partial charge in [-0.15, -0.1) is 0 Å². The summed E-state index contributed by atoms with van der Waals surface area (Å²) in [4.78, 5) is 0. The Balaban J connectivity index is 2.06. The van der Waals surface area contributed by atoms with Gasteiger partial charge in [-0.2, -0.15) is 0 Å². The molecule has 106 valence electrons. The van der Waals surface area contributed by atoms with Crippen LogP contribution in [0.2, 0.25) is 0 Å². The van der Waals surface area contributed by atoms with Gasteiger partial charge in [0.2, 0.25) is 0 Å². The lowest BCUT2D eigenvalue weighted by Gasteiger charge is -2.06. The molecule has 2 N–H and O–H groups in total. The van der Waals surface area contributed by atoms with Crippen LogP contribution in [0.25, 0.3) is 0 Å². The molecule has 1 aromatic rings. The van der Waals surface area contributed by atoms with Crippen LogP contribution < -0.4 is 5.46 Å². The summed E-state index contributed by atoms with van der Waals surface area (Å²) in [6, 6.07) is 7.00. The largest absolute Gasteiger partial charge is 0.488 e. The van der Waals surface area contributed by atoms with Crippen LogP contribution in [0.3, 0.4) is 0 Å². The van der Waals surface area contributed by atoms with E-state index >= 15 is 0 Å². The lowest BCUT2D eigenvalue weighted by atomic mass is 9.80. The van der Waals surface area contributed by atoms with E-state index in [0.29, 0.717) is 38.5 Å². The molecule has 0 radical (unpaired) electrons. The highest BCUT2D eigenvalue weighted by Gasteiger charge is 2.09. The molecule has 6 heteroatoms. The molecule has 0 fully saturated rings. The molecule has 0 bridgehead atoms. The maximum Gasteiger partial charge on any atom is 0.488 e. The van der Waals surface area contributed by atoms with Crippen LogP contribution in [-0.2, 0) is 20.8 Å². The number of hydrogen-bond donors (Lipinski definition) is 2. The van der Waals surface area contributed by atoms with E-state index in [4.69, 9.17) is 24.3 Å². The first-order valence-corrected chi connectivity index (χ1v) is 6.33. The molecule has 0 saturated carbocycles. The average Bonchev–Trinajstić information content (AvgIpc) is 2.42. The van der Waals surface area contributed by atoms with Gasteiger partial charge in [-0.1, -0.05) is 24.3 Å². The number of rotatable bonds is 10. The Morgan fingerprint density at radius 2 is 1.63 bits per heavy atom. The second-order valence-corrected chi connectivity index (χ2v) is 4.13. The van der Waals surface area contributed by atoms with Crippen LogP contribution in [-0.4, -0.2) is 50.7 Å². The van der Waals surface area contributed by atoms with E-state index in [1.807, 2.05) is 12.1 Å². The molecule has 0 amide bonds. The van der Waals surface area contributed by atoms with Crippen molar-refractivity contribution in [2.45, 2.75) is 13.0 Å². The standard InChI is InChI=1S/C13H21BO5/c1-17-9-10-18-7-2-8-19-11-12-3-5-13(6-4-12)14(15)16/h3-6,15-16H,2,7-11H2,1H3. The second kappa shape index (κ2) is 9.94. The van der Waals surface area contributed by atoms with Gasteiger partial charge in [0.25, 0.3) is 0 Å². The average molecular weight is 268 g/mol. The summed E-state index contributed by atoms with van der Waals surface area (Å²) in [5, 5.41) is 17.9. The van der Waals surface area contributed by atoms with E-state index in [1.54, 1.807) is 19.2 Å². The van der Waals surface area contributed by atoms with Crippen LogP contribution in [0.4, 0.5) is 0 Å². The van der Waals surface area contributed by atoms with Crippen molar-refractivity contribution in [3.8, 4) is 0 Å². The molecule has 19 heavy (non-hydrogen) atoms. The summed E-state index contributed by atoms with van der Waals surface area (Å²) in [5.74, 6) is 0. The Bertz CT molecular complexity index is 328. The third kappa shape index (κ3) is 7.30. The van der Waals surface area contributed by atoms with E-state index in [9.17, 15) is 0 Å². The number of methoxy groups -OCH3 is 1. The maximum absolute atomic E-state index is 8.95. The van der Waals surface area contributed by atoms with Gasteiger partial charge in [-0.25, -0.2) is 0 Å². The molecular formula is C13H21BO5. The molecule has 5 nitrogen and oxygen atoms in total. The smallest absolute Gasteiger partial charge is 0.423 e. The monoisotopic (exact) mass is 268 g/mol. The summed E-state index contributed by atoms with van der Waals surface area (Å²) in [6.07, 6.45) is 0.844. The molecular weight excluding hydrogens is 247 g/mol. The molecule has 0 unspecified atom stereocenters. The second-order valence-electron chi connectivity index (χ2n) is 4.13. The lowest BCUT2D eigenvalue weighted by molar-refractivity contribution is 0.0483. The van der Waals surface area contributed by atoms with Crippen LogP contribution in [0.15, 0.2) is 24.3 Å². The first kappa shape index (κ1) is 16.1. The minimum atomic E-state index is -1.42. The highest BCUT2D eigenvalue weighted by Crippen LogP contribution is 2.00. The van der Waals surface area contributed by atoms with Gasteiger partial charge in [0.15, 0.2) is 0 Å². The van der Waals surface area contributed by atoms with E-state index < -0.39 is 7.12 Å². The molecule has 0 aliphatic heterocycles. The molecule has 0 spiro atoms. The highest BCUT2D eigenvalue weighted by molar-refractivity contribution is 6.58. The molecule has 0 atom stereocenters. The third-order valence-electron chi connectivity index (χ3n) is 2.56. The molecule has 0 aliphatic rings. The summed E-state index contributed by atoms with van der Waals surface area (Å²) >= 11 is 0. The van der Waals surface area contributed by atoms with E-state index in [2.05, 4.69) is 0 Å². The molecule has 0 saturated heterocycles. The van der Waals surface area contributed by atoms with Crippen LogP contribution in [0, 0.1) is 0 Å². The Morgan fingerprint density at radius 1 is 0.947 bits per heavy atom. The first-order chi connectivity index (χ1) is 9.24. The number of hydrogen-bond acceptors (Lipinski definition) is 5. The van der Waals surface area contributed by atoms with Gasteiger partial charge in [-0.3, -0.25) is 0 Å². The molecule has 0 aromatic heterocycles. The van der Waals surface area contributed by atoms with E-state index in [1.165, 1.54) is 0 Å². The highest BCUT2D eigenvalue weighted by atomic mass is 16.5. The Morgan fingerprint density at radius 3 is 2.26 bits per heavy atom. The number of ether oxygens (including phenoxy) is 3. The summed E-state index contributed by atoms with van der Waals surface area (Å²) in [7, 11) is 0.229. The molecule has 1 aromatic carbocycles. The van der Waals surface area contributed by atoms with Crippen molar-refractivity contribution in [2.75, 3.05) is 33.5 Å². The van der Waals surface area contributed by atoms with Crippen molar-refractivity contribution in [1.29, 1.82) is 0 Å². The van der Waals surface area contributed by atoms with Gasteiger partial charge in [-0.05, 0) is 17.4 Å². The van der Waals surface area contributed by atoms with Crippen molar-refractivity contribution in [1.82, 2.24) is 0 Å². The predicted molar refractivity (Wildman–Crippen MR) is 73.2 cm³/mol. The van der Waals surface area contributed by atoms with E-state index in [-0.39, 0.29) is 0 Å². The molecule has 0 aliphatic carbocycles.